The molecular formula is C9H12N2O. The van der Waals surface area contributed by atoms with E-state index in [4.69, 9.17) is 12.8 Å². The van der Waals surface area contributed by atoms with Gasteiger partial charge in [-0.15, -0.1) is 12.8 Å². The first-order chi connectivity index (χ1) is 5.60. The molecule has 2 N–H and O–H groups in total. The van der Waals surface area contributed by atoms with E-state index in [0.29, 0.717) is 0 Å². The second-order valence-corrected chi connectivity index (χ2v) is 2.39. The summed E-state index contributed by atoms with van der Waals surface area (Å²) in [5.41, 5.74) is 0. The Kier molecular flexibility index (Phi) is 4.41. The van der Waals surface area contributed by atoms with Crippen molar-refractivity contribution in [2.24, 2.45) is 0 Å². The molecule has 0 radical (unpaired) electrons. The van der Waals surface area contributed by atoms with E-state index in [1.165, 1.54) is 0 Å². The molecule has 0 aromatic rings. The molecule has 0 bridgehead atoms. The van der Waals surface area contributed by atoms with Crippen molar-refractivity contribution in [2.75, 3.05) is 0 Å². The van der Waals surface area contributed by atoms with Gasteiger partial charge in [0, 0.05) is 0 Å². The van der Waals surface area contributed by atoms with Crippen LogP contribution in [0.25, 0.3) is 0 Å². The van der Waals surface area contributed by atoms with Gasteiger partial charge in [-0.3, -0.25) is 0 Å². The molecule has 0 saturated carbocycles. The van der Waals surface area contributed by atoms with Gasteiger partial charge in [-0.1, -0.05) is 11.8 Å². The Balaban J connectivity index is 3.78. The molecule has 0 aromatic carbocycles. The van der Waals surface area contributed by atoms with Gasteiger partial charge in [0.2, 0.25) is 0 Å². The third-order valence-electron chi connectivity index (χ3n) is 1.20. The first-order valence-corrected chi connectivity index (χ1v) is 3.59. The van der Waals surface area contributed by atoms with E-state index in [0.717, 1.165) is 0 Å². The van der Waals surface area contributed by atoms with Gasteiger partial charge >= 0.3 is 6.03 Å². The maximum Gasteiger partial charge on any atom is 0.316 e. The van der Waals surface area contributed by atoms with E-state index >= 15 is 0 Å². The predicted molar refractivity (Wildman–Crippen MR) is 48.3 cm³/mol. The Labute approximate surface area is 72.9 Å². The molecule has 64 valence electrons. The number of hydrogen-bond donors (Lipinski definition) is 2. The lowest BCUT2D eigenvalue weighted by Crippen LogP contribution is -2.43. The zero-order valence-electron chi connectivity index (χ0n) is 7.22. The van der Waals surface area contributed by atoms with Crippen LogP contribution in [-0.4, -0.2) is 18.1 Å². The number of amides is 2. The average Bonchev–Trinajstić information content (AvgIpc) is 2.03. The molecule has 0 aliphatic heterocycles. The van der Waals surface area contributed by atoms with Crippen LogP contribution in [0.15, 0.2) is 0 Å². The van der Waals surface area contributed by atoms with Gasteiger partial charge in [-0.05, 0) is 13.8 Å². The molecule has 0 rings (SSSR count). The average molecular weight is 164 g/mol. The number of hydrogen-bond acceptors (Lipinski definition) is 1. The highest BCUT2D eigenvalue weighted by molar-refractivity contribution is 5.75. The number of carbonyl (C=O) groups is 1. The summed E-state index contributed by atoms with van der Waals surface area (Å²) in [6, 6.07) is -0.907. The zero-order valence-corrected chi connectivity index (χ0v) is 7.22. The molecule has 0 aromatic heterocycles. The minimum Gasteiger partial charge on any atom is -0.325 e. The van der Waals surface area contributed by atoms with Gasteiger partial charge in [0.05, 0.1) is 12.1 Å². The van der Waals surface area contributed by atoms with Crippen molar-refractivity contribution in [3.8, 4) is 24.7 Å². The van der Waals surface area contributed by atoms with Gasteiger partial charge in [0.1, 0.15) is 0 Å². The molecule has 2 amide bonds. The van der Waals surface area contributed by atoms with Crippen molar-refractivity contribution >= 4 is 6.03 Å². The molecule has 3 heteroatoms. The zero-order chi connectivity index (χ0) is 9.56. The first kappa shape index (κ1) is 10.4. The van der Waals surface area contributed by atoms with E-state index in [1.807, 2.05) is 0 Å². The summed E-state index contributed by atoms with van der Waals surface area (Å²) in [5, 5.41) is 5.03. The number of terminal acetylenes is 2. The first-order valence-electron chi connectivity index (χ1n) is 3.59. The summed E-state index contributed by atoms with van der Waals surface area (Å²) in [6.45, 7) is 3.42. The van der Waals surface area contributed by atoms with Crippen molar-refractivity contribution < 1.29 is 4.79 Å². The van der Waals surface area contributed by atoms with Crippen LogP contribution in [0, 0.1) is 24.7 Å². The van der Waals surface area contributed by atoms with Crippen LogP contribution in [0.3, 0.4) is 0 Å². The molecule has 0 heterocycles. The van der Waals surface area contributed by atoms with Gasteiger partial charge in [0.25, 0.3) is 0 Å². The normalized spacial score (nSPS) is 13.3. The minimum atomic E-state index is -0.342. The Hall–Kier alpha value is -1.61. The summed E-state index contributed by atoms with van der Waals surface area (Å²) in [4.78, 5) is 11.0. The monoisotopic (exact) mass is 164 g/mol. The minimum absolute atomic E-state index is 0.282. The fourth-order valence-electron chi connectivity index (χ4n) is 0.518. The van der Waals surface area contributed by atoms with E-state index in [2.05, 4.69) is 22.5 Å². The number of carbonyl (C=O) groups excluding carboxylic acids is 1. The van der Waals surface area contributed by atoms with Crippen molar-refractivity contribution in [1.29, 1.82) is 0 Å². The second-order valence-electron chi connectivity index (χ2n) is 2.39. The second kappa shape index (κ2) is 5.09. The summed E-state index contributed by atoms with van der Waals surface area (Å²) in [5.74, 6) is 4.73. The van der Waals surface area contributed by atoms with Gasteiger partial charge < -0.3 is 10.6 Å². The smallest absolute Gasteiger partial charge is 0.316 e. The lowest BCUT2D eigenvalue weighted by molar-refractivity contribution is 0.238. The third-order valence-corrected chi connectivity index (χ3v) is 1.20. The highest BCUT2D eigenvalue weighted by Crippen LogP contribution is 1.80. The molecule has 0 aliphatic carbocycles. The maximum absolute atomic E-state index is 11.0. The molecule has 3 nitrogen and oxygen atoms in total. The standard InChI is InChI=1S/C9H12N2O/c1-5-7(3)10-9(12)11-8(4)6-2/h1-2,7-8H,3-4H3,(H2,10,11,12). The summed E-state index contributed by atoms with van der Waals surface area (Å²) in [6.07, 6.45) is 10.1. The van der Waals surface area contributed by atoms with Crippen molar-refractivity contribution in [1.82, 2.24) is 10.6 Å². The Bertz CT molecular complexity index is 210. The molecular weight excluding hydrogens is 152 g/mol. The van der Waals surface area contributed by atoms with Gasteiger partial charge in [-0.2, -0.15) is 0 Å². The Morgan fingerprint density at radius 2 is 1.50 bits per heavy atom. The van der Waals surface area contributed by atoms with Crippen LogP contribution in [0.5, 0.6) is 0 Å². The van der Waals surface area contributed by atoms with Crippen LogP contribution in [-0.2, 0) is 0 Å². The molecule has 0 aliphatic rings. The fraction of sp³-hybridized carbons (Fsp3) is 0.444. The number of nitrogens with one attached hydrogen (secondary N) is 2. The van der Waals surface area contributed by atoms with E-state index in [9.17, 15) is 4.79 Å². The van der Waals surface area contributed by atoms with Crippen molar-refractivity contribution in [2.45, 2.75) is 25.9 Å². The van der Waals surface area contributed by atoms with Crippen LogP contribution >= 0.6 is 0 Å². The lowest BCUT2D eigenvalue weighted by atomic mass is 10.3. The van der Waals surface area contributed by atoms with Crippen molar-refractivity contribution in [3.63, 3.8) is 0 Å². The lowest BCUT2D eigenvalue weighted by Gasteiger charge is -2.10. The van der Waals surface area contributed by atoms with E-state index in [1.54, 1.807) is 13.8 Å². The fourth-order valence-corrected chi connectivity index (χ4v) is 0.518. The Morgan fingerprint density at radius 3 is 1.75 bits per heavy atom. The molecule has 12 heavy (non-hydrogen) atoms. The SMILES string of the molecule is C#CC(C)NC(=O)NC(C)C#C. The number of rotatable bonds is 2. The van der Waals surface area contributed by atoms with E-state index < -0.39 is 0 Å². The predicted octanol–water partition coefficient (Wildman–Crippen LogP) is 0.329. The number of urea groups is 1. The quantitative estimate of drug-likeness (QED) is 0.567. The van der Waals surface area contributed by atoms with Gasteiger partial charge in [0.15, 0.2) is 0 Å². The largest absolute Gasteiger partial charge is 0.325 e. The summed E-state index contributed by atoms with van der Waals surface area (Å²) >= 11 is 0. The van der Waals surface area contributed by atoms with Crippen molar-refractivity contribution in [3.05, 3.63) is 0 Å². The van der Waals surface area contributed by atoms with Crippen LogP contribution in [0.2, 0.25) is 0 Å². The Morgan fingerprint density at radius 1 is 1.17 bits per heavy atom. The van der Waals surface area contributed by atoms with Crippen LogP contribution in [0.1, 0.15) is 13.8 Å². The molecule has 2 unspecified atom stereocenters. The van der Waals surface area contributed by atoms with Crippen LogP contribution in [0.4, 0.5) is 4.79 Å². The highest BCUT2D eigenvalue weighted by atomic mass is 16.2. The van der Waals surface area contributed by atoms with Crippen LogP contribution < -0.4 is 10.6 Å². The molecule has 0 spiro atoms. The van der Waals surface area contributed by atoms with E-state index in [-0.39, 0.29) is 18.1 Å². The topological polar surface area (TPSA) is 41.1 Å². The maximum atomic E-state index is 11.0. The molecule has 2 atom stereocenters. The van der Waals surface area contributed by atoms with Gasteiger partial charge in [-0.25, -0.2) is 4.79 Å². The summed E-state index contributed by atoms with van der Waals surface area (Å²) in [7, 11) is 0. The molecule has 0 fully saturated rings. The summed E-state index contributed by atoms with van der Waals surface area (Å²) < 4.78 is 0. The third kappa shape index (κ3) is 4.24. The highest BCUT2D eigenvalue weighted by Gasteiger charge is 2.05. The molecule has 0 saturated heterocycles.